The summed E-state index contributed by atoms with van der Waals surface area (Å²) >= 11 is 0. The number of fused-ring (bicyclic) bond motifs is 1. The van der Waals surface area contributed by atoms with Crippen molar-refractivity contribution in [3.63, 3.8) is 0 Å². The number of amides is 2. The number of carbonyl (C=O) groups excluding carboxylic acids is 2. The van der Waals surface area contributed by atoms with E-state index < -0.39 is 59.9 Å². The monoisotopic (exact) mass is 620 g/mol. The Kier molecular flexibility index (Phi) is 9.71. The van der Waals surface area contributed by atoms with Crippen molar-refractivity contribution in [2.75, 3.05) is 32.8 Å². The van der Waals surface area contributed by atoms with Crippen molar-refractivity contribution in [1.29, 1.82) is 0 Å². The highest BCUT2D eigenvalue weighted by Crippen LogP contribution is 2.47. The number of carbonyl (C=O) groups is 2. The number of ether oxygens (including phenoxy) is 4. The lowest BCUT2D eigenvalue weighted by atomic mass is 9.90. The molecule has 1 aliphatic heterocycles. The van der Waals surface area contributed by atoms with Crippen LogP contribution in [0.15, 0.2) is 30.3 Å². The fraction of sp³-hybridized carbons (Fsp3) is 0.517. The molecule has 1 heterocycles. The summed E-state index contributed by atoms with van der Waals surface area (Å²) in [6.45, 7) is 6.73. The standard InChI is InChI=1S/C29H34F6N2O6/c1-16-8-21(20-12-23(40-5)24(41-6)13-22(20)37(16)26(39)43-15-27(2,3)4)36(25(38)42-7)14-17-9-18(28(30,31)32)11-19(10-17)29(33,34)35/h9-13,16,21H,8,14-15H2,1-7H3/t16-,21+/m1/s1. The van der Waals surface area contributed by atoms with E-state index in [2.05, 4.69) is 0 Å². The number of halogens is 6. The molecule has 0 saturated heterocycles. The van der Waals surface area contributed by atoms with E-state index in [1.54, 1.807) is 6.92 Å². The Labute approximate surface area is 245 Å². The second kappa shape index (κ2) is 12.4. The Morgan fingerprint density at radius 3 is 1.88 bits per heavy atom. The normalized spacial score (nSPS) is 17.2. The van der Waals surface area contributed by atoms with E-state index >= 15 is 0 Å². The predicted octanol–water partition coefficient (Wildman–Crippen LogP) is 7.83. The number of rotatable bonds is 6. The lowest BCUT2D eigenvalue weighted by Crippen LogP contribution is -2.48. The molecule has 0 aliphatic carbocycles. The van der Waals surface area contributed by atoms with Crippen LogP contribution in [0.4, 0.5) is 41.6 Å². The topological polar surface area (TPSA) is 77.5 Å². The van der Waals surface area contributed by atoms with Crippen LogP contribution < -0.4 is 14.4 Å². The maximum absolute atomic E-state index is 13.6. The van der Waals surface area contributed by atoms with Gasteiger partial charge in [0, 0.05) is 24.2 Å². The summed E-state index contributed by atoms with van der Waals surface area (Å²) in [4.78, 5) is 28.8. The van der Waals surface area contributed by atoms with E-state index in [1.165, 1.54) is 31.3 Å². The molecular formula is C29H34F6N2O6. The Hall–Kier alpha value is -3.84. The summed E-state index contributed by atoms with van der Waals surface area (Å²) in [6.07, 6.45) is -11.8. The summed E-state index contributed by atoms with van der Waals surface area (Å²) in [5, 5.41) is 0. The maximum atomic E-state index is 13.6. The number of anilines is 1. The first-order valence-electron chi connectivity index (χ1n) is 13.2. The van der Waals surface area contributed by atoms with E-state index in [-0.39, 0.29) is 41.7 Å². The number of methoxy groups -OCH3 is 3. The van der Waals surface area contributed by atoms with E-state index in [1.807, 2.05) is 20.8 Å². The first kappa shape index (κ1) is 33.7. The minimum Gasteiger partial charge on any atom is -0.493 e. The van der Waals surface area contributed by atoms with Gasteiger partial charge in [-0.25, -0.2) is 9.59 Å². The van der Waals surface area contributed by atoms with Crippen LogP contribution in [-0.2, 0) is 28.4 Å². The average Bonchev–Trinajstić information content (AvgIpc) is 2.91. The zero-order valence-electron chi connectivity index (χ0n) is 24.8. The van der Waals surface area contributed by atoms with Gasteiger partial charge in [0.25, 0.3) is 0 Å². The van der Waals surface area contributed by atoms with Gasteiger partial charge in [0.15, 0.2) is 11.5 Å². The number of alkyl halides is 6. The quantitative estimate of drug-likeness (QED) is 0.307. The van der Waals surface area contributed by atoms with Crippen LogP contribution in [0, 0.1) is 5.41 Å². The van der Waals surface area contributed by atoms with Gasteiger partial charge in [-0.2, -0.15) is 26.3 Å². The van der Waals surface area contributed by atoms with Crippen molar-refractivity contribution in [2.45, 2.75) is 65.1 Å². The average molecular weight is 621 g/mol. The number of hydrogen-bond donors (Lipinski definition) is 0. The molecule has 0 spiro atoms. The van der Waals surface area contributed by atoms with Crippen LogP contribution >= 0.6 is 0 Å². The molecule has 2 atom stereocenters. The Morgan fingerprint density at radius 2 is 1.42 bits per heavy atom. The molecule has 0 radical (unpaired) electrons. The first-order chi connectivity index (χ1) is 19.8. The van der Waals surface area contributed by atoms with E-state index in [4.69, 9.17) is 18.9 Å². The minimum atomic E-state index is -5.07. The molecule has 43 heavy (non-hydrogen) atoms. The smallest absolute Gasteiger partial charge is 0.416 e. The molecular weight excluding hydrogens is 586 g/mol. The molecule has 0 aromatic heterocycles. The van der Waals surface area contributed by atoms with Gasteiger partial charge in [0.05, 0.1) is 50.8 Å². The van der Waals surface area contributed by atoms with Crippen molar-refractivity contribution >= 4 is 17.9 Å². The van der Waals surface area contributed by atoms with Crippen LogP contribution in [0.2, 0.25) is 0 Å². The van der Waals surface area contributed by atoms with Gasteiger partial charge >= 0.3 is 24.5 Å². The highest BCUT2D eigenvalue weighted by Gasteiger charge is 2.42. The molecule has 1 aliphatic rings. The second-order valence-corrected chi connectivity index (χ2v) is 11.4. The van der Waals surface area contributed by atoms with Crippen molar-refractivity contribution in [2.24, 2.45) is 5.41 Å². The molecule has 0 unspecified atom stereocenters. The van der Waals surface area contributed by atoms with Gasteiger partial charge in [-0.15, -0.1) is 0 Å². The third-order valence-electron chi connectivity index (χ3n) is 6.77. The lowest BCUT2D eigenvalue weighted by molar-refractivity contribution is -0.143. The van der Waals surface area contributed by atoms with Crippen LogP contribution in [0.5, 0.6) is 11.5 Å². The maximum Gasteiger partial charge on any atom is 0.416 e. The summed E-state index contributed by atoms with van der Waals surface area (Å²) in [5.74, 6) is 0.451. The molecule has 8 nitrogen and oxygen atoms in total. The van der Waals surface area contributed by atoms with Crippen molar-refractivity contribution in [3.8, 4) is 11.5 Å². The molecule has 2 aromatic rings. The fourth-order valence-electron chi connectivity index (χ4n) is 4.80. The van der Waals surface area contributed by atoms with Crippen LogP contribution in [0.1, 0.15) is 62.4 Å². The number of nitrogens with zero attached hydrogens (tertiary/aromatic N) is 2. The zero-order valence-corrected chi connectivity index (χ0v) is 24.8. The van der Waals surface area contributed by atoms with Gasteiger partial charge in [-0.05, 0) is 48.6 Å². The van der Waals surface area contributed by atoms with E-state index in [9.17, 15) is 35.9 Å². The summed E-state index contributed by atoms with van der Waals surface area (Å²) in [6, 6.07) is 2.53. The summed E-state index contributed by atoms with van der Waals surface area (Å²) in [7, 11) is 3.78. The van der Waals surface area contributed by atoms with Gasteiger partial charge in [-0.3, -0.25) is 9.80 Å². The SMILES string of the molecule is COC(=O)N(Cc1cc(C(F)(F)F)cc(C(F)(F)F)c1)[C@H]1C[C@@H](C)N(C(=O)OCC(C)(C)C)c2cc(OC)c(OC)cc21. The van der Waals surface area contributed by atoms with Crippen LogP contribution in [0.25, 0.3) is 0 Å². The highest BCUT2D eigenvalue weighted by molar-refractivity contribution is 5.91. The van der Waals surface area contributed by atoms with Crippen molar-refractivity contribution in [3.05, 3.63) is 52.6 Å². The largest absolute Gasteiger partial charge is 0.493 e. The molecule has 3 rings (SSSR count). The Morgan fingerprint density at radius 1 is 0.884 bits per heavy atom. The Balaban J connectivity index is 2.18. The molecule has 238 valence electrons. The van der Waals surface area contributed by atoms with Crippen molar-refractivity contribution in [1.82, 2.24) is 4.90 Å². The van der Waals surface area contributed by atoms with Gasteiger partial charge in [-0.1, -0.05) is 20.8 Å². The molecule has 2 amide bonds. The lowest BCUT2D eigenvalue weighted by Gasteiger charge is -2.43. The predicted molar refractivity (Wildman–Crippen MR) is 144 cm³/mol. The molecule has 0 N–H and O–H groups in total. The van der Waals surface area contributed by atoms with E-state index in [0.29, 0.717) is 17.7 Å². The molecule has 2 aromatic carbocycles. The minimum absolute atomic E-state index is 0.0161. The first-order valence-corrected chi connectivity index (χ1v) is 13.2. The van der Waals surface area contributed by atoms with Crippen LogP contribution in [0.3, 0.4) is 0 Å². The van der Waals surface area contributed by atoms with Crippen LogP contribution in [-0.4, -0.2) is 51.1 Å². The third-order valence-corrected chi connectivity index (χ3v) is 6.77. The van der Waals surface area contributed by atoms with Gasteiger partial charge in [0.2, 0.25) is 0 Å². The summed E-state index contributed by atoms with van der Waals surface area (Å²) in [5.41, 5.74) is -3.22. The molecule has 0 fully saturated rings. The summed E-state index contributed by atoms with van der Waals surface area (Å²) < 4.78 is 103. The molecule has 0 bridgehead atoms. The second-order valence-electron chi connectivity index (χ2n) is 11.4. The fourth-order valence-corrected chi connectivity index (χ4v) is 4.80. The van der Waals surface area contributed by atoms with Gasteiger partial charge in [0.1, 0.15) is 0 Å². The van der Waals surface area contributed by atoms with Gasteiger partial charge < -0.3 is 18.9 Å². The highest BCUT2D eigenvalue weighted by atomic mass is 19.4. The number of hydrogen-bond acceptors (Lipinski definition) is 6. The van der Waals surface area contributed by atoms with Crippen molar-refractivity contribution < 1.29 is 54.9 Å². The Bertz CT molecular complexity index is 1310. The third kappa shape index (κ3) is 7.77. The zero-order chi connectivity index (χ0) is 32.5. The molecule has 0 saturated carbocycles. The van der Waals surface area contributed by atoms with E-state index in [0.717, 1.165) is 12.0 Å². The molecule has 14 heteroatoms. The number of benzene rings is 2.